The number of benzene rings is 1. The van der Waals surface area contributed by atoms with Crippen LogP contribution in [0.2, 0.25) is 0 Å². The Balaban J connectivity index is 0.00000192. The molecule has 0 radical (unpaired) electrons. The fourth-order valence-electron chi connectivity index (χ4n) is 2.95. The summed E-state index contributed by atoms with van der Waals surface area (Å²) in [7, 11) is 2.10. The van der Waals surface area contributed by atoms with E-state index in [1.165, 1.54) is 10.4 Å². The lowest BCUT2D eigenvalue weighted by Gasteiger charge is -2.30. The quantitative estimate of drug-likeness (QED) is 0.769. The van der Waals surface area contributed by atoms with Crippen molar-refractivity contribution in [2.24, 2.45) is 0 Å². The molecule has 1 N–H and O–H groups in total. The second-order valence-corrected chi connectivity index (χ2v) is 6.80. The lowest BCUT2D eigenvalue weighted by atomic mass is 9.88. The number of phenolic OH excluding ortho intramolecular Hbond substituents is 1. The van der Waals surface area contributed by atoms with Crippen LogP contribution in [0.25, 0.3) is 0 Å². The molecule has 0 saturated heterocycles. The lowest BCUT2D eigenvalue weighted by molar-refractivity contribution is 0.349. The highest BCUT2D eigenvalue weighted by molar-refractivity contribution is 8.93. The van der Waals surface area contributed by atoms with Crippen LogP contribution in [0.4, 0.5) is 0 Å². The van der Waals surface area contributed by atoms with Crippen molar-refractivity contribution in [3.8, 4) is 5.75 Å². The first kappa shape index (κ1) is 17.8. The van der Waals surface area contributed by atoms with Crippen LogP contribution in [0.5, 0.6) is 5.75 Å². The van der Waals surface area contributed by atoms with Gasteiger partial charge in [0.15, 0.2) is 0 Å². The molecule has 1 aromatic carbocycles. The number of hydrogen-bond acceptors (Lipinski definition) is 3. The summed E-state index contributed by atoms with van der Waals surface area (Å²) in [6, 6.07) is 10.5. The molecule has 1 aliphatic rings. The molecule has 2 nitrogen and oxygen atoms in total. The highest BCUT2D eigenvalue weighted by atomic mass is 79.9. The Labute approximate surface area is 152 Å². The van der Waals surface area contributed by atoms with Crippen molar-refractivity contribution in [1.29, 1.82) is 0 Å². The molecule has 1 aliphatic heterocycles. The van der Waals surface area contributed by atoms with E-state index >= 15 is 0 Å². The van der Waals surface area contributed by atoms with Gasteiger partial charge in [0, 0.05) is 29.4 Å². The van der Waals surface area contributed by atoms with E-state index in [4.69, 9.17) is 0 Å². The third-order valence-corrected chi connectivity index (χ3v) is 5.20. The van der Waals surface area contributed by atoms with Crippen LogP contribution in [0.1, 0.15) is 28.3 Å². The standard InChI is InChI=1S/C19H21NOS.BrH/c1-14-8-9-18(21)16(12-14)17(19-7-5-11-22-19)13-15-6-3-4-10-20(15)2;/h3-12,15,17,21H,13H2,1-2H3;1H. The van der Waals surface area contributed by atoms with Crippen molar-refractivity contribution in [1.82, 2.24) is 4.90 Å². The van der Waals surface area contributed by atoms with Gasteiger partial charge in [-0.05, 0) is 43.1 Å². The number of hydrogen-bond donors (Lipinski definition) is 1. The predicted octanol–water partition coefficient (Wildman–Crippen LogP) is 5.25. The zero-order valence-corrected chi connectivity index (χ0v) is 15.9. The van der Waals surface area contributed by atoms with Crippen LogP contribution in [0, 0.1) is 6.92 Å². The van der Waals surface area contributed by atoms with E-state index in [-0.39, 0.29) is 22.9 Å². The number of rotatable bonds is 4. The minimum atomic E-state index is 0. The predicted molar refractivity (Wildman–Crippen MR) is 104 cm³/mol. The van der Waals surface area contributed by atoms with Gasteiger partial charge in [-0.3, -0.25) is 0 Å². The molecule has 122 valence electrons. The van der Waals surface area contributed by atoms with Crippen molar-refractivity contribution < 1.29 is 5.11 Å². The number of aryl methyl sites for hydroxylation is 1. The minimum absolute atomic E-state index is 0. The first-order valence-electron chi connectivity index (χ1n) is 7.55. The number of phenols is 1. The van der Waals surface area contributed by atoms with Crippen molar-refractivity contribution in [3.63, 3.8) is 0 Å². The van der Waals surface area contributed by atoms with Crippen molar-refractivity contribution in [2.75, 3.05) is 7.05 Å². The van der Waals surface area contributed by atoms with E-state index in [0.717, 1.165) is 12.0 Å². The molecule has 2 unspecified atom stereocenters. The molecule has 1 aromatic heterocycles. The maximum Gasteiger partial charge on any atom is 0.119 e. The molecule has 0 saturated carbocycles. The molecule has 3 rings (SSSR count). The van der Waals surface area contributed by atoms with Gasteiger partial charge in [-0.15, -0.1) is 28.3 Å². The molecular weight excluding hydrogens is 370 g/mol. The Hall–Kier alpha value is -1.52. The minimum Gasteiger partial charge on any atom is -0.508 e. The van der Waals surface area contributed by atoms with E-state index in [0.29, 0.717) is 11.8 Å². The number of aromatic hydroxyl groups is 1. The fourth-order valence-corrected chi connectivity index (χ4v) is 3.81. The maximum atomic E-state index is 10.4. The van der Waals surface area contributed by atoms with Crippen molar-refractivity contribution >= 4 is 28.3 Å². The summed E-state index contributed by atoms with van der Waals surface area (Å²) in [5.74, 6) is 0.602. The van der Waals surface area contributed by atoms with Crippen molar-refractivity contribution in [2.45, 2.75) is 25.3 Å². The van der Waals surface area contributed by atoms with Crippen LogP contribution in [0.3, 0.4) is 0 Å². The molecule has 0 fully saturated rings. The van der Waals surface area contributed by atoms with Gasteiger partial charge in [0.2, 0.25) is 0 Å². The summed E-state index contributed by atoms with van der Waals surface area (Å²) in [4.78, 5) is 3.53. The van der Waals surface area contributed by atoms with Gasteiger partial charge in [-0.2, -0.15) is 0 Å². The maximum absolute atomic E-state index is 10.4. The van der Waals surface area contributed by atoms with Gasteiger partial charge in [0.05, 0.1) is 0 Å². The summed E-state index contributed by atoms with van der Waals surface area (Å²) in [6.07, 6.45) is 9.45. The number of halogens is 1. The molecule has 2 atom stereocenters. The zero-order chi connectivity index (χ0) is 15.5. The molecular formula is C19H22BrNOS. The Morgan fingerprint density at radius 3 is 2.78 bits per heavy atom. The third kappa shape index (κ3) is 4.06. The van der Waals surface area contributed by atoms with Gasteiger partial charge in [-0.25, -0.2) is 0 Å². The van der Waals surface area contributed by atoms with Gasteiger partial charge in [0.25, 0.3) is 0 Å². The highest BCUT2D eigenvalue weighted by Gasteiger charge is 2.24. The summed E-state index contributed by atoms with van der Waals surface area (Å²) >= 11 is 1.76. The second kappa shape index (κ2) is 7.84. The van der Waals surface area contributed by atoms with Crippen LogP contribution in [-0.2, 0) is 0 Å². The van der Waals surface area contributed by atoms with Crippen LogP contribution in [0.15, 0.2) is 60.1 Å². The molecule has 0 bridgehead atoms. The molecule has 0 spiro atoms. The monoisotopic (exact) mass is 391 g/mol. The normalized spacial score (nSPS) is 17.8. The third-order valence-electron chi connectivity index (χ3n) is 4.21. The summed E-state index contributed by atoms with van der Waals surface area (Å²) in [6.45, 7) is 2.07. The van der Waals surface area contributed by atoms with E-state index in [1.807, 2.05) is 12.1 Å². The fraction of sp³-hybridized carbons (Fsp3) is 0.263. The van der Waals surface area contributed by atoms with Gasteiger partial charge < -0.3 is 10.0 Å². The molecule has 2 aromatic rings. The number of allylic oxidation sites excluding steroid dienone is 2. The number of thiophene rings is 1. The van der Waals surface area contributed by atoms with Gasteiger partial charge in [-0.1, -0.05) is 35.9 Å². The summed E-state index contributed by atoms with van der Waals surface area (Å²) in [5.41, 5.74) is 2.21. The lowest BCUT2D eigenvalue weighted by Crippen LogP contribution is -2.28. The summed E-state index contributed by atoms with van der Waals surface area (Å²) < 4.78 is 0. The van der Waals surface area contributed by atoms with E-state index in [1.54, 1.807) is 11.3 Å². The molecule has 2 heterocycles. The molecule has 0 amide bonds. The smallest absolute Gasteiger partial charge is 0.119 e. The number of likely N-dealkylation sites (N-methyl/N-ethyl adjacent to an activating group) is 1. The average molecular weight is 392 g/mol. The molecule has 4 heteroatoms. The van der Waals surface area contributed by atoms with Gasteiger partial charge in [0.1, 0.15) is 5.75 Å². The Kier molecular flexibility index (Phi) is 6.08. The Bertz CT molecular complexity index is 693. The number of nitrogens with zero attached hydrogens (tertiary/aromatic N) is 1. The Morgan fingerprint density at radius 1 is 1.26 bits per heavy atom. The van der Waals surface area contributed by atoms with Crippen molar-refractivity contribution in [3.05, 3.63) is 76.1 Å². The summed E-state index contributed by atoms with van der Waals surface area (Å²) in [5, 5.41) is 12.5. The van der Waals surface area contributed by atoms with Crippen LogP contribution in [-0.4, -0.2) is 23.1 Å². The van der Waals surface area contributed by atoms with Crippen LogP contribution >= 0.6 is 28.3 Å². The zero-order valence-electron chi connectivity index (χ0n) is 13.3. The highest BCUT2D eigenvalue weighted by Crippen LogP contribution is 2.38. The molecule has 0 aliphatic carbocycles. The average Bonchev–Trinajstić information content (AvgIpc) is 3.03. The van der Waals surface area contributed by atoms with E-state index in [9.17, 15) is 5.11 Å². The van der Waals surface area contributed by atoms with Crippen LogP contribution < -0.4 is 0 Å². The topological polar surface area (TPSA) is 23.5 Å². The largest absolute Gasteiger partial charge is 0.508 e. The van der Waals surface area contributed by atoms with E-state index in [2.05, 4.69) is 66.9 Å². The first-order valence-corrected chi connectivity index (χ1v) is 8.43. The first-order chi connectivity index (χ1) is 10.6. The van der Waals surface area contributed by atoms with Gasteiger partial charge >= 0.3 is 0 Å². The Morgan fingerprint density at radius 2 is 2.09 bits per heavy atom. The SMILES string of the molecule is Br.Cc1ccc(O)c(C(CC2C=CC=CN2C)c2cccs2)c1. The second-order valence-electron chi connectivity index (χ2n) is 5.83. The van der Waals surface area contributed by atoms with E-state index < -0.39 is 0 Å². The molecule has 23 heavy (non-hydrogen) atoms.